The van der Waals surface area contributed by atoms with Crippen LogP contribution in [-0.4, -0.2) is 42.8 Å². The van der Waals surface area contributed by atoms with Crippen molar-refractivity contribution in [3.63, 3.8) is 0 Å². The number of aromatic nitrogens is 1. The summed E-state index contributed by atoms with van der Waals surface area (Å²) >= 11 is 0. The van der Waals surface area contributed by atoms with Gasteiger partial charge in [-0.05, 0) is 36.8 Å². The minimum Gasteiger partial charge on any atom is -0.356 e. The first kappa shape index (κ1) is 18.5. The number of nitrogens with zero attached hydrogens (tertiary/aromatic N) is 1. The lowest BCUT2D eigenvalue weighted by atomic mass is 9.79. The highest BCUT2D eigenvalue weighted by atomic mass is 32.2. The van der Waals surface area contributed by atoms with Crippen LogP contribution >= 0.6 is 0 Å². The Morgan fingerprint density at radius 1 is 1.19 bits per heavy atom. The zero-order chi connectivity index (χ0) is 19.0. The van der Waals surface area contributed by atoms with Crippen LogP contribution < -0.4 is 0 Å². The van der Waals surface area contributed by atoms with Crippen molar-refractivity contribution in [2.45, 2.75) is 51.0 Å². The van der Waals surface area contributed by atoms with Crippen LogP contribution in [0.4, 0.5) is 0 Å². The van der Waals surface area contributed by atoms with E-state index in [4.69, 9.17) is 0 Å². The zero-order valence-electron chi connectivity index (χ0n) is 15.9. The smallest absolute Gasteiger partial charge is 0.224 e. The molecule has 2 aromatic rings. The minimum absolute atomic E-state index is 0.0275. The van der Waals surface area contributed by atoms with Gasteiger partial charge in [-0.15, -0.1) is 0 Å². The first-order valence-corrected chi connectivity index (χ1v) is 12.1. The zero-order valence-corrected chi connectivity index (χ0v) is 16.7. The molecule has 27 heavy (non-hydrogen) atoms. The van der Waals surface area contributed by atoms with Crippen LogP contribution in [0.1, 0.15) is 55.8 Å². The van der Waals surface area contributed by atoms with Gasteiger partial charge in [0.05, 0.1) is 11.8 Å². The summed E-state index contributed by atoms with van der Waals surface area (Å²) in [4.78, 5) is 18.6. The van der Waals surface area contributed by atoms with Gasteiger partial charge < -0.3 is 9.88 Å². The topological polar surface area (TPSA) is 70.2 Å². The fourth-order valence-corrected chi connectivity index (χ4v) is 5.45. The number of benzene rings is 1. The molecule has 1 amide bonds. The van der Waals surface area contributed by atoms with Gasteiger partial charge in [0.15, 0.2) is 0 Å². The highest BCUT2D eigenvalue weighted by Crippen LogP contribution is 2.43. The van der Waals surface area contributed by atoms with Gasteiger partial charge in [-0.25, -0.2) is 8.42 Å². The number of sulfone groups is 1. The highest BCUT2D eigenvalue weighted by molar-refractivity contribution is 7.90. The number of rotatable bonds is 4. The molecule has 0 radical (unpaired) electrons. The van der Waals surface area contributed by atoms with Crippen LogP contribution in [0.15, 0.2) is 24.3 Å². The number of hydrogen-bond donors (Lipinski definition) is 1. The third-order valence-electron chi connectivity index (χ3n) is 6.18. The molecule has 6 heteroatoms. The Morgan fingerprint density at radius 3 is 2.67 bits per heavy atom. The molecule has 2 heterocycles. The maximum atomic E-state index is 13.0. The molecule has 146 valence electrons. The van der Waals surface area contributed by atoms with Crippen molar-refractivity contribution in [2.75, 3.05) is 18.6 Å². The summed E-state index contributed by atoms with van der Waals surface area (Å²) in [5, 5.41) is 1.26. The van der Waals surface area contributed by atoms with E-state index < -0.39 is 9.84 Å². The lowest BCUT2D eigenvalue weighted by molar-refractivity contribution is -0.135. The lowest BCUT2D eigenvalue weighted by Crippen LogP contribution is -2.44. The van der Waals surface area contributed by atoms with E-state index in [2.05, 4.69) is 23.2 Å². The van der Waals surface area contributed by atoms with Gasteiger partial charge in [-0.1, -0.05) is 37.5 Å². The molecule has 0 saturated heterocycles. The van der Waals surface area contributed by atoms with Crippen molar-refractivity contribution in [3.8, 4) is 0 Å². The van der Waals surface area contributed by atoms with E-state index in [9.17, 15) is 13.2 Å². The maximum absolute atomic E-state index is 13.0. The number of fused-ring (bicyclic) bond motifs is 3. The number of carbonyl (C=O) groups is 1. The lowest BCUT2D eigenvalue weighted by Gasteiger charge is -2.42. The summed E-state index contributed by atoms with van der Waals surface area (Å²) in [6, 6.07) is 8.41. The second-order valence-electron chi connectivity index (χ2n) is 8.12. The Hall–Kier alpha value is -1.82. The second-order valence-corrected chi connectivity index (χ2v) is 10.4. The maximum Gasteiger partial charge on any atom is 0.224 e. The number of H-pyrrole nitrogens is 1. The molecule has 1 fully saturated rings. The molecule has 1 aromatic heterocycles. The van der Waals surface area contributed by atoms with Crippen LogP contribution in [0.2, 0.25) is 0 Å². The largest absolute Gasteiger partial charge is 0.356 e. The monoisotopic (exact) mass is 388 g/mol. The fourth-order valence-electron chi connectivity index (χ4n) is 4.91. The van der Waals surface area contributed by atoms with Crippen LogP contribution in [0.3, 0.4) is 0 Å². The number of carbonyl (C=O) groups excluding carboxylic acids is 1. The molecule has 0 spiro atoms. The summed E-state index contributed by atoms with van der Waals surface area (Å²) < 4.78 is 23.1. The summed E-state index contributed by atoms with van der Waals surface area (Å²) in [5.74, 6) is 0.354. The summed E-state index contributed by atoms with van der Waals surface area (Å²) in [5.41, 5.74) is 3.66. The minimum atomic E-state index is -3.14. The van der Waals surface area contributed by atoms with E-state index in [0.717, 1.165) is 24.8 Å². The van der Waals surface area contributed by atoms with Crippen molar-refractivity contribution in [1.82, 2.24) is 9.88 Å². The molecule has 1 saturated carbocycles. The van der Waals surface area contributed by atoms with Crippen LogP contribution in [0.25, 0.3) is 10.9 Å². The van der Waals surface area contributed by atoms with E-state index in [1.54, 1.807) is 0 Å². The first-order valence-electron chi connectivity index (χ1n) is 10.0. The highest BCUT2D eigenvalue weighted by Gasteiger charge is 2.38. The number of hydrogen-bond acceptors (Lipinski definition) is 3. The van der Waals surface area contributed by atoms with Crippen molar-refractivity contribution >= 4 is 26.6 Å². The van der Waals surface area contributed by atoms with E-state index in [1.807, 2.05) is 11.0 Å². The predicted molar refractivity (Wildman–Crippen MR) is 107 cm³/mol. The van der Waals surface area contributed by atoms with Gasteiger partial charge >= 0.3 is 0 Å². The molecule has 1 aromatic carbocycles. The fraction of sp³-hybridized carbons (Fsp3) is 0.571. The molecule has 1 atom stereocenters. The Labute approximate surface area is 161 Å². The normalized spacial score (nSPS) is 21.4. The van der Waals surface area contributed by atoms with Crippen molar-refractivity contribution < 1.29 is 13.2 Å². The molecular formula is C21H28N2O3S. The number of aromatic amines is 1. The van der Waals surface area contributed by atoms with Gasteiger partial charge in [0.2, 0.25) is 5.91 Å². The van der Waals surface area contributed by atoms with Crippen LogP contribution in [0, 0.1) is 5.92 Å². The van der Waals surface area contributed by atoms with Crippen molar-refractivity contribution in [2.24, 2.45) is 5.92 Å². The summed E-state index contributed by atoms with van der Waals surface area (Å²) in [7, 11) is -3.14. The van der Waals surface area contributed by atoms with E-state index in [0.29, 0.717) is 12.5 Å². The standard InChI is InChI=1S/C21H28N2O3S/c1-27(25,26)14-12-19(24)23-13-11-17-16-9-5-6-10-18(16)22-20(17)21(23)15-7-3-2-4-8-15/h5-6,9-10,15,21-22H,2-4,7-8,11-14H2,1H3. The van der Waals surface area contributed by atoms with Gasteiger partial charge in [-0.2, -0.15) is 0 Å². The van der Waals surface area contributed by atoms with Crippen LogP contribution in [-0.2, 0) is 21.1 Å². The third-order valence-corrected chi connectivity index (χ3v) is 7.13. The Kier molecular flexibility index (Phi) is 5.01. The van der Waals surface area contributed by atoms with Gasteiger partial charge in [0, 0.05) is 35.8 Å². The quantitative estimate of drug-likeness (QED) is 0.870. The Bertz CT molecular complexity index is 941. The van der Waals surface area contributed by atoms with Gasteiger partial charge in [0.25, 0.3) is 0 Å². The number of amides is 1. The first-order chi connectivity index (χ1) is 12.9. The summed E-state index contributed by atoms with van der Waals surface area (Å²) in [6.45, 7) is 0.679. The molecule has 1 N–H and O–H groups in total. The van der Waals surface area contributed by atoms with E-state index in [-0.39, 0.29) is 24.1 Å². The molecule has 4 rings (SSSR count). The van der Waals surface area contributed by atoms with E-state index in [1.165, 1.54) is 42.2 Å². The molecular weight excluding hydrogens is 360 g/mol. The van der Waals surface area contributed by atoms with Crippen molar-refractivity contribution in [3.05, 3.63) is 35.5 Å². The molecule has 1 aliphatic carbocycles. The number of para-hydroxylation sites is 1. The predicted octanol–water partition coefficient (Wildman–Crippen LogP) is 3.61. The summed E-state index contributed by atoms with van der Waals surface area (Å²) in [6.07, 6.45) is 8.06. The Balaban J connectivity index is 1.70. The van der Waals surface area contributed by atoms with Gasteiger partial charge in [0.1, 0.15) is 9.84 Å². The Morgan fingerprint density at radius 2 is 1.93 bits per heavy atom. The second kappa shape index (κ2) is 7.30. The van der Waals surface area contributed by atoms with E-state index >= 15 is 0 Å². The molecule has 5 nitrogen and oxygen atoms in total. The number of nitrogens with one attached hydrogen (secondary N) is 1. The molecule has 0 bridgehead atoms. The SMILES string of the molecule is CS(=O)(=O)CCC(=O)N1CCc2c([nH]c3ccccc23)C1C1CCCCC1. The van der Waals surface area contributed by atoms with Gasteiger partial charge in [-0.3, -0.25) is 4.79 Å². The molecule has 1 unspecified atom stereocenters. The molecule has 1 aliphatic heterocycles. The third kappa shape index (κ3) is 3.77. The average Bonchev–Trinajstić information content (AvgIpc) is 3.04. The molecule has 2 aliphatic rings. The van der Waals surface area contributed by atoms with Crippen molar-refractivity contribution in [1.29, 1.82) is 0 Å². The van der Waals surface area contributed by atoms with Crippen LogP contribution in [0.5, 0.6) is 0 Å². The average molecular weight is 389 g/mol.